The summed E-state index contributed by atoms with van der Waals surface area (Å²) in [5.74, 6) is 1.60. The van der Waals surface area contributed by atoms with Gasteiger partial charge in [-0.1, -0.05) is 149 Å². The number of benzene rings is 6. The standard InChI is InChI=1S/2C19H18N2O4.C18H20N2O4.C18H22N2O3.2C17H18N2O4/c1-19(2,3)9-8-11-4-5-12-13(10-11)18(25)21(17(12)24)14-6-7-15(22)20-16(14)23;1-19(2,3)10-9-11-5-4-6-12-15(11)18(25)21(17(12)24)13-7-8-14(22)20-16(13)23;1-18(2,3)9-10-4-5-11-12(8-10)17(24)20(16(11)23)13-6-7-14(21)19-15(13)22;1-18(2,3)9-11-4-5-13-12(8-11)10-20(17(13)23)14-6-7-15(21)19-16(14)22;1-17(2,3)9-4-5-10-11(8-9)16(23)19(15(10)22)12-6-7-13(20)18-14(12)21;1-17(2,3)10-6-4-5-9-13(10)16(23)19(15(9)22)11-7-8-12(20)18-14(11)21/h4-5,10,14H,6-7H2,1-3H3,(H,20,22,23);4-6,13H,7-8H2,1-3H3,(H,20,22,23);4-5,8,13H,6-7,9H2,1-3H3,(H,19,21,22);4-5,8,14H,6-7,9-10H2,1-3H3,(H,19,21,22);4-5,8,12H,6-7H2,1-3H3,(H,18,20,21);4-6,11H,7-8H2,1-3H3,(H,18,20,21). The van der Waals surface area contributed by atoms with Gasteiger partial charge in [0.05, 0.1) is 55.6 Å². The molecule has 0 spiro atoms. The Bertz CT molecular complexity index is 6720. The fraction of sp³-hybridized carbons (Fsp3) is 0.417. The highest BCUT2D eigenvalue weighted by atomic mass is 16.2. The molecule has 6 fully saturated rings. The van der Waals surface area contributed by atoms with E-state index in [-0.39, 0.29) is 161 Å². The van der Waals surface area contributed by atoms with Gasteiger partial charge in [0.2, 0.25) is 70.9 Å². The molecule has 35 heteroatoms. The number of rotatable bonds is 8. The van der Waals surface area contributed by atoms with Crippen molar-refractivity contribution in [2.75, 3.05) is 0 Å². The lowest BCUT2D eigenvalue weighted by Crippen LogP contribution is -2.54. The Morgan fingerprint density at radius 2 is 0.594 bits per heavy atom. The van der Waals surface area contributed by atoms with Gasteiger partial charge in [-0.25, -0.2) is 0 Å². The molecule has 0 aliphatic carbocycles. The van der Waals surface area contributed by atoms with Gasteiger partial charge in [-0.05, 0) is 209 Å². The predicted octanol–water partition coefficient (Wildman–Crippen LogP) is 9.45. The Kier molecular flexibility index (Phi) is 29.5. The van der Waals surface area contributed by atoms with Crippen molar-refractivity contribution in [3.63, 3.8) is 0 Å². The topological polar surface area (TPSA) is 484 Å². The SMILES string of the molecule is CC(C)(C)C#Cc1ccc2c(c1)C(=O)N(C1CCC(=O)NC1=O)C2=O.CC(C)(C)C#Cc1cccc2c1C(=O)N(C1CCC(=O)NC1=O)C2=O.CC(C)(C)Cc1ccc2c(c1)C(=O)N(C1CCC(=O)NC1=O)C2=O.CC(C)(C)Cc1ccc2c(c1)CN(C1CCC(=O)NC1=O)C2=O.CC(C)(C)c1ccc2c(c1)C(=O)N(C1CCC(=O)NC1=O)C2=O.CC(C)(C)c1cccc2c1C(=O)N(C1CCC(=O)NC1=O)C2=O. The van der Waals surface area contributed by atoms with E-state index in [9.17, 15) is 110 Å². The van der Waals surface area contributed by atoms with Crippen LogP contribution in [-0.4, -0.2) is 202 Å². The van der Waals surface area contributed by atoms with Crippen LogP contribution in [0.5, 0.6) is 0 Å². The number of nitrogens with one attached hydrogen (secondary N) is 6. The average molecular weight is 1950 g/mol. The molecule has 6 aromatic carbocycles. The minimum absolute atomic E-state index is 0.0587. The molecule has 6 atom stereocenters. The molecule has 12 heterocycles. The number of nitrogens with zero attached hydrogens (tertiary/aromatic N) is 6. The summed E-state index contributed by atoms with van der Waals surface area (Å²) in [6, 6.07) is 26.1. The number of piperidine rings is 6. The second-order valence-corrected chi connectivity index (χ2v) is 43.5. The fourth-order valence-corrected chi connectivity index (χ4v) is 18.4. The number of hydrogen-bond donors (Lipinski definition) is 6. The smallest absolute Gasteiger partial charge is 0.263 e. The molecular formula is C108H114N12O23. The molecule has 6 N–H and O–H groups in total. The minimum atomic E-state index is -0.964. The van der Waals surface area contributed by atoms with E-state index in [0.717, 1.165) is 59.6 Å². The monoisotopic (exact) mass is 1950 g/mol. The summed E-state index contributed by atoms with van der Waals surface area (Å²) in [5.41, 5.74) is 8.99. The zero-order valence-corrected chi connectivity index (χ0v) is 83.0. The molecule has 6 unspecified atom stereocenters. The molecule has 0 radical (unpaired) electrons. The van der Waals surface area contributed by atoms with Gasteiger partial charge in [0.15, 0.2) is 0 Å². The molecule has 23 amide bonds. The van der Waals surface area contributed by atoms with Crippen LogP contribution < -0.4 is 31.9 Å². The molecule has 6 saturated heterocycles. The van der Waals surface area contributed by atoms with E-state index in [0.29, 0.717) is 63.0 Å². The molecule has 35 nitrogen and oxygen atoms in total. The van der Waals surface area contributed by atoms with Crippen molar-refractivity contribution < 1.29 is 110 Å². The Morgan fingerprint density at radius 3 is 0.972 bits per heavy atom. The zero-order valence-electron chi connectivity index (χ0n) is 83.0. The molecule has 18 rings (SSSR count). The minimum Gasteiger partial charge on any atom is -0.322 e. The van der Waals surface area contributed by atoms with Crippen LogP contribution in [0.4, 0.5) is 0 Å². The second kappa shape index (κ2) is 40.2. The van der Waals surface area contributed by atoms with E-state index >= 15 is 0 Å². The van der Waals surface area contributed by atoms with Crippen molar-refractivity contribution in [3.8, 4) is 23.7 Å². The lowest BCUT2D eigenvalue weighted by Gasteiger charge is -2.29. The van der Waals surface area contributed by atoms with Crippen LogP contribution in [0, 0.1) is 45.3 Å². The normalized spacial score (nSPS) is 21.0. The van der Waals surface area contributed by atoms with Gasteiger partial charge < -0.3 is 4.90 Å². The van der Waals surface area contributed by atoms with Crippen LogP contribution in [0.3, 0.4) is 0 Å². The third-order valence-electron chi connectivity index (χ3n) is 25.2. The summed E-state index contributed by atoms with van der Waals surface area (Å²) in [6.07, 6.45) is 3.76. The number of imide groups is 11. The summed E-state index contributed by atoms with van der Waals surface area (Å²) in [7, 11) is 0. The summed E-state index contributed by atoms with van der Waals surface area (Å²) in [4.78, 5) is 286. The number of carbonyl (C=O) groups is 23. The predicted molar refractivity (Wildman–Crippen MR) is 514 cm³/mol. The first-order chi connectivity index (χ1) is 66.7. The van der Waals surface area contributed by atoms with E-state index in [1.165, 1.54) is 5.56 Å². The van der Waals surface area contributed by atoms with Crippen LogP contribution in [0.25, 0.3) is 0 Å². The van der Waals surface area contributed by atoms with Gasteiger partial charge >= 0.3 is 0 Å². The van der Waals surface area contributed by atoms with Gasteiger partial charge in [-0.2, -0.15) is 0 Å². The zero-order chi connectivity index (χ0) is 105. The Balaban J connectivity index is 0.000000144. The highest BCUT2D eigenvalue weighted by Crippen LogP contribution is 2.40. The van der Waals surface area contributed by atoms with Crippen molar-refractivity contribution in [2.45, 2.75) is 268 Å². The van der Waals surface area contributed by atoms with Gasteiger partial charge in [0, 0.05) is 72.6 Å². The van der Waals surface area contributed by atoms with Crippen LogP contribution in [-0.2, 0) is 87.8 Å². The van der Waals surface area contributed by atoms with Crippen LogP contribution in [0.1, 0.15) is 355 Å². The fourth-order valence-electron chi connectivity index (χ4n) is 18.4. The van der Waals surface area contributed by atoms with Crippen LogP contribution in [0.2, 0.25) is 0 Å². The Labute approximate surface area is 826 Å². The quantitative estimate of drug-likeness (QED) is 0.0610. The molecule has 744 valence electrons. The summed E-state index contributed by atoms with van der Waals surface area (Å²) >= 11 is 0. The van der Waals surface area contributed by atoms with E-state index in [1.807, 2.05) is 113 Å². The molecule has 6 aromatic rings. The Morgan fingerprint density at radius 1 is 0.280 bits per heavy atom. The summed E-state index contributed by atoms with van der Waals surface area (Å²) in [6.45, 7) is 37.0. The van der Waals surface area contributed by atoms with Crippen molar-refractivity contribution in [1.82, 2.24) is 61.3 Å². The molecule has 12 aliphatic rings. The maximum atomic E-state index is 12.9. The summed E-state index contributed by atoms with van der Waals surface area (Å²) in [5, 5.41) is 13.3. The highest BCUT2D eigenvalue weighted by molar-refractivity contribution is 6.28. The van der Waals surface area contributed by atoms with Crippen LogP contribution >= 0.6 is 0 Å². The number of amides is 23. The van der Waals surface area contributed by atoms with Gasteiger partial charge in [0.25, 0.3) is 65.0 Å². The average Bonchev–Trinajstić information content (AvgIpc) is 1.21. The molecule has 0 aromatic heterocycles. The van der Waals surface area contributed by atoms with Crippen molar-refractivity contribution in [1.29, 1.82) is 0 Å². The second-order valence-electron chi connectivity index (χ2n) is 43.5. The Hall–Kier alpha value is -15.6. The molecule has 12 aliphatic heterocycles. The largest absolute Gasteiger partial charge is 0.322 e. The maximum Gasteiger partial charge on any atom is 0.263 e. The van der Waals surface area contributed by atoms with E-state index < -0.39 is 137 Å². The third-order valence-corrected chi connectivity index (χ3v) is 25.2. The lowest BCUT2D eigenvalue weighted by molar-refractivity contribution is -0.138. The van der Waals surface area contributed by atoms with Gasteiger partial charge in [0.1, 0.15) is 36.3 Å². The van der Waals surface area contributed by atoms with E-state index in [1.54, 1.807) is 77.7 Å². The number of fused-ring (bicyclic) bond motifs is 6. The highest BCUT2D eigenvalue weighted by Gasteiger charge is 2.52. The van der Waals surface area contributed by atoms with E-state index in [4.69, 9.17) is 0 Å². The first kappa shape index (κ1) is 105. The number of carbonyl (C=O) groups excluding carboxylic acids is 23. The molecule has 0 saturated carbocycles. The van der Waals surface area contributed by atoms with Crippen molar-refractivity contribution in [2.24, 2.45) is 21.7 Å². The molecular weight excluding hydrogens is 1830 g/mol. The van der Waals surface area contributed by atoms with Gasteiger partial charge in [-0.3, -0.25) is 167 Å². The van der Waals surface area contributed by atoms with Crippen molar-refractivity contribution >= 4 is 136 Å². The van der Waals surface area contributed by atoms with Crippen molar-refractivity contribution in [3.05, 3.63) is 209 Å². The maximum absolute atomic E-state index is 12.9. The summed E-state index contributed by atoms with van der Waals surface area (Å²) < 4.78 is 0. The molecule has 0 bridgehead atoms. The lowest BCUT2D eigenvalue weighted by atomic mass is 9.82. The number of hydrogen-bond acceptors (Lipinski definition) is 23. The third kappa shape index (κ3) is 22.9. The molecule has 143 heavy (non-hydrogen) atoms. The first-order valence-electron chi connectivity index (χ1n) is 47.3. The van der Waals surface area contributed by atoms with Gasteiger partial charge in [-0.15, -0.1) is 0 Å². The van der Waals surface area contributed by atoms with Crippen LogP contribution in [0.15, 0.2) is 109 Å². The first-order valence-corrected chi connectivity index (χ1v) is 47.3. The van der Waals surface area contributed by atoms with E-state index in [2.05, 4.69) is 103 Å².